The molecular formula is C35H41Cl3N4O4. The molecule has 1 heterocycles. The summed E-state index contributed by atoms with van der Waals surface area (Å²) in [4.78, 5) is 30.9. The molecule has 0 radical (unpaired) electrons. The Kier molecular flexibility index (Phi) is 12.1. The average molecular weight is 688 g/mol. The number of hydrogen-bond acceptors (Lipinski definition) is 5. The molecule has 0 aromatic heterocycles. The molecule has 1 aliphatic heterocycles. The number of halogens is 3. The van der Waals surface area contributed by atoms with Crippen LogP contribution in [-0.2, 0) is 16.0 Å². The van der Waals surface area contributed by atoms with Gasteiger partial charge in [-0.05, 0) is 62.3 Å². The summed E-state index contributed by atoms with van der Waals surface area (Å²) in [6, 6.07) is 17.3. The van der Waals surface area contributed by atoms with Gasteiger partial charge in [-0.25, -0.2) is 4.79 Å². The molecule has 0 saturated carbocycles. The van der Waals surface area contributed by atoms with E-state index in [-0.39, 0.29) is 6.03 Å². The molecule has 46 heavy (non-hydrogen) atoms. The highest BCUT2D eigenvalue weighted by molar-refractivity contribution is 6.76. The Bertz CT molecular complexity index is 1440. The van der Waals surface area contributed by atoms with Crippen LogP contribution in [0.15, 0.2) is 90.2 Å². The molecule has 246 valence electrons. The van der Waals surface area contributed by atoms with Crippen molar-refractivity contribution in [1.82, 2.24) is 15.5 Å². The van der Waals surface area contributed by atoms with Crippen molar-refractivity contribution in [2.75, 3.05) is 50.9 Å². The van der Waals surface area contributed by atoms with Crippen molar-refractivity contribution in [3.63, 3.8) is 0 Å². The lowest BCUT2D eigenvalue weighted by atomic mass is 9.79. The predicted octanol–water partition coefficient (Wildman–Crippen LogP) is 6.73. The fourth-order valence-electron chi connectivity index (χ4n) is 6.07. The van der Waals surface area contributed by atoms with Gasteiger partial charge >= 0.3 is 6.03 Å². The smallest absolute Gasteiger partial charge is 0.326 e. The summed E-state index contributed by atoms with van der Waals surface area (Å²) in [7, 11) is 0. The van der Waals surface area contributed by atoms with Gasteiger partial charge in [-0.2, -0.15) is 0 Å². The van der Waals surface area contributed by atoms with Gasteiger partial charge in [-0.15, -0.1) is 0 Å². The molecule has 2 N–H and O–H groups in total. The van der Waals surface area contributed by atoms with Crippen LogP contribution in [0, 0.1) is 0 Å². The highest BCUT2D eigenvalue weighted by Crippen LogP contribution is 2.34. The summed E-state index contributed by atoms with van der Waals surface area (Å²) in [5.41, 5.74) is 2.71. The Morgan fingerprint density at radius 1 is 1.04 bits per heavy atom. The van der Waals surface area contributed by atoms with Crippen LogP contribution in [0.1, 0.15) is 37.7 Å². The number of urea groups is 1. The number of amides is 3. The van der Waals surface area contributed by atoms with Gasteiger partial charge in [0.1, 0.15) is 12.4 Å². The van der Waals surface area contributed by atoms with Crippen LogP contribution in [0.3, 0.4) is 0 Å². The summed E-state index contributed by atoms with van der Waals surface area (Å²) in [6.07, 6.45) is 12.6. The van der Waals surface area contributed by atoms with Crippen molar-refractivity contribution < 1.29 is 19.1 Å². The number of hydrogen-bond donors (Lipinski definition) is 2. The van der Waals surface area contributed by atoms with Crippen LogP contribution < -0.4 is 20.3 Å². The van der Waals surface area contributed by atoms with E-state index < -0.39 is 15.2 Å². The van der Waals surface area contributed by atoms with Gasteiger partial charge in [0.2, 0.25) is 0 Å². The molecule has 2 aliphatic carbocycles. The van der Waals surface area contributed by atoms with E-state index in [2.05, 4.69) is 27.7 Å². The standard InChI is InChI=1S/C35H41Cl3N4O4/c36-35(37,38)32(43)40-34(24-27-9-3-1-4-10-27)16-8-11-28(25-34)26-42(33(44)39-29-12-5-2-6-13-29)30-14-7-15-31(23-30)46-22-19-41-17-20-45-21-18-41/h1,3-5,7,9-10,12-15,23,25H,2,6,8,11,16-22,24,26H2,(H,39,44)(H,40,43). The van der Waals surface area contributed by atoms with Crippen molar-refractivity contribution >= 4 is 52.4 Å². The van der Waals surface area contributed by atoms with E-state index >= 15 is 0 Å². The van der Waals surface area contributed by atoms with Gasteiger partial charge in [-0.3, -0.25) is 14.6 Å². The third-order valence-electron chi connectivity index (χ3n) is 8.35. The summed E-state index contributed by atoms with van der Waals surface area (Å²) in [5, 5.41) is 6.12. The molecule has 0 bridgehead atoms. The summed E-state index contributed by atoms with van der Waals surface area (Å²) in [6.45, 7) is 4.90. The third kappa shape index (κ3) is 9.99. The van der Waals surface area contributed by atoms with Gasteiger partial charge in [0.25, 0.3) is 9.70 Å². The Hall–Kier alpha value is -3.01. The number of rotatable bonds is 11. The first kappa shape index (κ1) is 34.3. The lowest BCUT2D eigenvalue weighted by molar-refractivity contribution is -0.121. The molecule has 0 spiro atoms. The summed E-state index contributed by atoms with van der Waals surface area (Å²) >= 11 is 18.0. The van der Waals surface area contributed by atoms with Crippen molar-refractivity contribution in [1.29, 1.82) is 0 Å². The van der Waals surface area contributed by atoms with Gasteiger partial charge in [0.15, 0.2) is 0 Å². The maximum absolute atomic E-state index is 13.9. The minimum Gasteiger partial charge on any atom is -0.492 e. The van der Waals surface area contributed by atoms with Crippen molar-refractivity contribution in [3.8, 4) is 5.75 Å². The molecule has 2 aromatic carbocycles. The average Bonchev–Trinajstić information content (AvgIpc) is 3.05. The number of morpholine rings is 1. The number of allylic oxidation sites excluding steroid dienone is 3. The molecule has 8 nitrogen and oxygen atoms in total. The van der Waals surface area contributed by atoms with E-state index in [9.17, 15) is 9.59 Å². The number of carbonyl (C=O) groups excluding carboxylic acids is 2. The molecule has 1 fully saturated rings. The largest absolute Gasteiger partial charge is 0.492 e. The zero-order chi connectivity index (χ0) is 32.4. The second kappa shape index (κ2) is 16.2. The Morgan fingerprint density at radius 2 is 1.85 bits per heavy atom. The van der Waals surface area contributed by atoms with Crippen LogP contribution in [0.5, 0.6) is 5.75 Å². The van der Waals surface area contributed by atoms with E-state index in [1.54, 1.807) is 4.90 Å². The topological polar surface area (TPSA) is 83.1 Å². The van der Waals surface area contributed by atoms with Gasteiger partial charge in [0.05, 0.1) is 18.8 Å². The lowest BCUT2D eigenvalue weighted by Gasteiger charge is -2.38. The van der Waals surface area contributed by atoms with Gasteiger partial charge < -0.3 is 20.1 Å². The number of nitrogens with one attached hydrogen (secondary N) is 2. The van der Waals surface area contributed by atoms with Crippen molar-refractivity contribution in [2.24, 2.45) is 0 Å². The highest BCUT2D eigenvalue weighted by Gasteiger charge is 2.39. The Balaban J connectivity index is 1.40. The maximum atomic E-state index is 13.9. The van der Waals surface area contributed by atoms with Crippen LogP contribution in [0.4, 0.5) is 10.5 Å². The van der Waals surface area contributed by atoms with E-state index in [0.29, 0.717) is 37.4 Å². The van der Waals surface area contributed by atoms with Gasteiger partial charge in [0, 0.05) is 43.6 Å². The van der Waals surface area contributed by atoms with Crippen LogP contribution in [-0.4, -0.2) is 72.2 Å². The molecule has 2 aromatic rings. The van der Waals surface area contributed by atoms with Crippen LogP contribution in [0.2, 0.25) is 0 Å². The zero-order valence-corrected chi connectivity index (χ0v) is 28.1. The first-order valence-corrected chi connectivity index (χ1v) is 16.9. The number of anilines is 1. The van der Waals surface area contributed by atoms with E-state index in [1.165, 1.54) is 0 Å². The van der Waals surface area contributed by atoms with E-state index in [1.807, 2.05) is 66.7 Å². The normalized spacial score (nSPS) is 20.3. The Morgan fingerprint density at radius 3 is 2.59 bits per heavy atom. The molecule has 1 saturated heterocycles. The molecule has 3 amide bonds. The molecule has 1 atom stereocenters. The lowest BCUT2D eigenvalue weighted by Crippen LogP contribution is -2.53. The minimum atomic E-state index is -2.11. The first-order valence-electron chi connectivity index (χ1n) is 15.8. The van der Waals surface area contributed by atoms with Crippen LogP contribution in [0.25, 0.3) is 0 Å². The van der Waals surface area contributed by atoms with Gasteiger partial charge in [-0.1, -0.05) is 95.0 Å². The van der Waals surface area contributed by atoms with Crippen molar-refractivity contribution in [2.45, 2.75) is 47.9 Å². The van der Waals surface area contributed by atoms with E-state index in [0.717, 1.165) is 75.4 Å². The van der Waals surface area contributed by atoms with Crippen LogP contribution >= 0.6 is 34.8 Å². The fraction of sp³-hybridized carbons (Fsp3) is 0.429. The highest BCUT2D eigenvalue weighted by atomic mass is 35.6. The monoisotopic (exact) mass is 686 g/mol. The molecule has 11 heteroatoms. The SMILES string of the molecule is O=C(NC1=CCCC=C1)N(CC1=CC(Cc2ccccc2)(NC(=O)C(Cl)(Cl)Cl)CCC1)c1cccc(OCCN2CCOCC2)c1. The number of ether oxygens (including phenoxy) is 2. The second-order valence-electron chi connectivity index (χ2n) is 11.9. The predicted molar refractivity (Wildman–Crippen MR) is 185 cm³/mol. The van der Waals surface area contributed by atoms with Crippen molar-refractivity contribution in [3.05, 3.63) is 95.7 Å². The maximum Gasteiger partial charge on any atom is 0.326 e. The number of nitrogens with zero attached hydrogens (tertiary/aromatic N) is 2. The number of alkyl halides is 3. The fourth-order valence-corrected chi connectivity index (χ4v) is 6.21. The summed E-state index contributed by atoms with van der Waals surface area (Å²) in [5.74, 6) is 0.00445. The number of benzene rings is 2. The first-order chi connectivity index (χ1) is 22.2. The second-order valence-corrected chi connectivity index (χ2v) is 14.2. The molecule has 5 rings (SSSR count). The molecule has 1 unspecified atom stereocenters. The van der Waals surface area contributed by atoms with E-state index in [4.69, 9.17) is 44.3 Å². The summed E-state index contributed by atoms with van der Waals surface area (Å²) < 4.78 is 9.47. The number of carbonyl (C=O) groups is 2. The zero-order valence-electron chi connectivity index (χ0n) is 25.9. The molecular weight excluding hydrogens is 647 g/mol. The quantitative estimate of drug-likeness (QED) is 0.202. The Labute approximate surface area is 286 Å². The minimum absolute atomic E-state index is 0.256. The third-order valence-corrected chi connectivity index (χ3v) is 8.86. The molecule has 3 aliphatic rings.